The van der Waals surface area contributed by atoms with Crippen LogP contribution in [0.1, 0.15) is 49.8 Å². The molecule has 2 aromatic rings. The number of hydrogen-bond donors (Lipinski definition) is 1. The summed E-state index contributed by atoms with van der Waals surface area (Å²) in [6.45, 7) is 9.88. The summed E-state index contributed by atoms with van der Waals surface area (Å²) >= 11 is 0. The number of nitro groups is 1. The molecule has 0 spiro atoms. The van der Waals surface area contributed by atoms with Gasteiger partial charge in [-0.1, -0.05) is 0 Å². The van der Waals surface area contributed by atoms with Crippen molar-refractivity contribution in [2.45, 2.75) is 53.2 Å². The van der Waals surface area contributed by atoms with Crippen molar-refractivity contribution in [2.24, 2.45) is 0 Å². The quantitative estimate of drug-likeness (QED) is 0.642. The Balaban J connectivity index is 2.13. The van der Waals surface area contributed by atoms with E-state index >= 15 is 0 Å². The lowest BCUT2D eigenvalue weighted by atomic mass is 10.1. The minimum absolute atomic E-state index is 0.217. The van der Waals surface area contributed by atoms with Gasteiger partial charge >= 0.3 is 5.82 Å². The first kappa shape index (κ1) is 17.6. The summed E-state index contributed by atoms with van der Waals surface area (Å²) in [6, 6.07) is 0.483. The van der Waals surface area contributed by atoms with Gasteiger partial charge in [0, 0.05) is 18.3 Å². The predicted molar refractivity (Wildman–Crippen MR) is 87.5 cm³/mol. The highest BCUT2D eigenvalue weighted by molar-refractivity contribution is 5.80. The summed E-state index contributed by atoms with van der Waals surface area (Å²) in [4.78, 5) is 22.7. The van der Waals surface area contributed by atoms with Gasteiger partial charge in [-0.15, -0.1) is 0 Å². The second kappa shape index (κ2) is 6.81. The molecule has 0 aromatic carbocycles. The third-order valence-electron chi connectivity index (χ3n) is 3.98. The maximum absolute atomic E-state index is 12.5. The zero-order valence-electron chi connectivity index (χ0n) is 14.5. The van der Waals surface area contributed by atoms with E-state index in [1.807, 2.05) is 31.6 Å². The van der Waals surface area contributed by atoms with E-state index < -0.39 is 11.0 Å². The highest BCUT2D eigenvalue weighted by Gasteiger charge is 2.26. The van der Waals surface area contributed by atoms with Crippen LogP contribution in [0.5, 0.6) is 0 Å². The zero-order valence-corrected chi connectivity index (χ0v) is 14.5. The van der Waals surface area contributed by atoms with Crippen LogP contribution in [0.25, 0.3) is 0 Å². The van der Waals surface area contributed by atoms with Gasteiger partial charge in [-0.25, -0.2) is 0 Å². The van der Waals surface area contributed by atoms with Gasteiger partial charge in [0.2, 0.25) is 5.91 Å². The van der Waals surface area contributed by atoms with Crippen LogP contribution in [0.2, 0.25) is 0 Å². The van der Waals surface area contributed by atoms with Crippen molar-refractivity contribution < 1.29 is 9.72 Å². The van der Waals surface area contributed by atoms with Gasteiger partial charge in [0.1, 0.15) is 6.04 Å². The molecule has 2 rings (SSSR count). The SMILES string of the molecule is CCn1cc(C(C)NC(=O)C(C)n2nc([N+](=O)[O-])cc2C)c(C)n1. The number of carbonyl (C=O) groups excluding carboxylic acids is 1. The Morgan fingerprint density at radius 1 is 1.38 bits per heavy atom. The molecule has 0 saturated heterocycles. The van der Waals surface area contributed by atoms with Gasteiger partial charge in [-0.2, -0.15) is 9.78 Å². The highest BCUT2D eigenvalue weighted by Crippen LogP contribution is 2.19. The molecule has 2 aromatic heterocycles. The van der Waals surface area contributed by atoms with Crippen molar-refractivity contribution in [1.82, 2.24) is 24.9 Å². The highest BCUT2D eigenvalue weighted by atomic mass is 16.6. The van der Waals surface area contributed by atoms with Crippen molar-refractivity contribution in [3.05, 3.63) is 39.3 Å². The molecule has 0 fully saturated rings. The van der Waals surface area contributed by atoms with E-state index in [1.165, 1.54) is 10.7 Å². The largest absolute Gasteiger partial charge is 0.390 e. The molecule has 9 heteroatoms. The molecule has 2 heterocycles. The van der Waals surface area contributed by atoms with Crippen molar-refractivity contribution in [1.29, 1.82) is 0 Å². The molecule has 2 unspecified atom stereocenters. The molecular formula is C15H22N6O3. The van der Waals surface area contributed by atoms with Crippen LogP contribution in [0, 0.1) is 24.0 Å². The minimum atomic E-state index is -0.650. The number of aromatic nitrogens is 4. The molecular weight excluding hydrogens is 312 g/mol. The summed E-state index contributed by atoms with van der Waals surface area (Å²) in [7, 11) is 0. The maximum atomic E-state index is 12.5. The first-order chi connectivity index (χ1) is 11.2. The van der Waals surface area contributed by atoms with E-state index in [-0.39, 0.29) is 17.8 Å². The average Bonchev–Trinajstić information content (AvgIpc) is 3.09. The Hall–Kier alpha value is -2.71. The molecule has 2 atom stereocenters. The standard InChI is InChI=1S/C15H22N6O3/c1-6-19-8-13(11(4)17-19)10(3)16-15(22)12(5)20-9(2)7-14(18-20)21(23)24/h7-8,10,12H,6H2,1-5H3,(H,16,22). The molecule has 0 radical (unpaired) electrons. The summed E-state index contributed by atoms with van der Waals surface area (Å²) in [5.74, 6) is -0.521. The van der Waals surface area contributed by atoms with Crippen LogP contribution in [0.3, 0.4) is 0 Å². The van der Waals surface area contributed by atoms with Crippen LogP contribution in [-0.2, 0) is 11.3 Å². The van der Waals surface area contributed by atoms with Gasteiger partial charge in [0.05, 0.1) is 28.6 Å². The summed E-state index contributed by atoms with van der Waals surface area (Å²) in [6.07, 6.45) is 1.91. The Morgan fingerprint density at radius 3 is 2.54 bits per heavy atom. The van der Waals surface area contributed by atoms with Crippen LogP contribution < -0.4 is 5.32 Å². The van der Waals surface area contributed by atoms with Gasteiger partial charge in [0.15, 0.2) is 0 Å². The molecule has 1 N–H and O–H groups in total. The van der Waals surface area contributed by atoms with Gasteiger partial charge in [-0.3, -0.25) is 9.48 Å². The normalized spacial score (nSPS) is 13.5. The fourth-order valence-electron chi connectivity index (χ4n) is 2.60. The minimum Gasteiger partial charge on any atom is -0.358 e. The molecule has 9 nitrogen and oxygen atoms in total. The van der Waals surface area contributed by atoms with E-state index in [4.69, 9.17) is 0 Å². The number of hydrogen-bond acceptors (Lipinski definition) is 5. The van der Waals surface area contributed by atoms with E-state index in [2.05, 4.69) is 15.5 Å². The van der Waals surface area contributed by atoms with Gasteiger partial charge in [0.25, 0.3) is 0 Å². The average molecular weight is 334 g/mol. The first-order valence-corrected chi connectivity index (χ1v) is 7.79. The molecule has 0 saturated carbocycles. The van der Waals surface area contributed by atoms with Crippen molar-refractivity contribution in [3.8, 4) is 0 Å². The molecule has 130 valence electrons. The molecule has 0 bridgehead atoms. The van der Waals surface area contributed by atoms with Crippen molar-refractivity contribution in [3.63, 3.8) is 0 Å². The van der Waals surface area contributed by atoms with Crippen LogP contribution in [0.4, 0.5) is 5.82 Å². The van der Waals surface area contributed by atoms with E-state index in [0.29, 0.717) is 5.69 Å². The number of carbonyl (C=O) groups is 1. The van der Waals surface area contributed by atoms with Crippen LogP contribution in [0.15, 0.2) is 12.3 Å². The Bertz CT molecular complexity index is 763. The Morgan fingerprint density at radius 2 is 2.04 bits per heavy atom. The van der Waals surface area contributed by atoms with Crippen LogP contribution in [-0.4, -0.2) is 30.4 Å². The fourth-order valence-corrected chi connectivity index (χ4v) is 2.60. The van der Waals surface area contributed by atoms with E-state index in [1.54, 1.807) is 13.8 Å². The van der Waals surface area contributed by atoms with Gasteiger partial charge in [-0.05, 0) is 39.5 Å². The van der Waals surface area contributed by atoms with Crippen LogP contribution >= 0.6 is 0 Å². The second-order valence-corrected chi connectivity index (χ2v) is 5.78. The predicted octanol–water partition coefficient (Wildman–Crippen LogP) is 2.06. The molecule has 24 heavy (non-hydrogen) atoms. The second-order valence-electron chi connectivity index (χ2n) is 5.78. The number of nitrogens with zero attached hydrogens (tertiary/aromatic N) is 5. The van der Waals surface area contributed by atoms with E-state index in [9.17, 15) is 14.9 Å². The lowest BCUT2D eigenvalue weighted by molar-refractivity contribution is -0.389. The summed E-state index contributed by atoms with van der Waals surface area (Å²) < 4.78 is 3.18. The first-order valence-electron chi connectivity index (χ1n) is 7.79. The van der Waals surface area contributed by atoms with Crippen molar-refractivity contribution >= 4 is 11.7 Å². The van der Waals surface area contributed by atoms with Gasteiger partial charge < -0.3 is 15.4 Å². The smallest absolute Gasteiger partial charge is 0.358 e. The number of amides is 1. The molecule has 0 aliphatic heterocycles. The Labute approximate surface area is 139 Å². The number of nitrogens with one attached hydrogen (secondary N) is 1. The number of rotatable bonds is 6. The van der Waals surface area contributed by atoms with Crippen molar-refractivity contribution in [2.75, 3.05) is 0 Å². The fraction of sp³-hybridized carbons (Fsp3) is 0.533. The van der Waals surface area contributed by atoms with E-state index in [0.717, 1.165) is 17.8 Å². The summed E-state index contributed by atoms with van der Waals surface area (Å²) in [5.41, 5.74) is 2.37. The number of aryl methyl sites for hydroxylation is 3. The molecule has 0 aliphatic carbocycles. The summed E-state index contributed by atoms with van der Waals surface area (Å²) in [5, 5.41) is 22.0. The zero-order chi connectivity index (χ0) is 18.0. The molecule has 1 amide bonds. The Kier molecular flexibility index (Phi) is 5.01. The lowest BCUT2D eigenvalue weighted by Crippen LogP contribution is -2.34. The topological polar surface area (TPSA) is 108 Å². The lowest BCUT2D eigenvalue weighted by Gasteiger charge is -2.16. The monoisotopic (exact) mass is 334 g/mol. The third-order valence-corrected chi connectivity index (χ3v) is 3.98. The maximum Gasteiger partial charge on any atom is 0.390 e. The molecule has 0 aliphatic rings. The third kappa shape index (κ3) is 3.44.